The van der Waals surface area contributed by atoms with Crippen molar-refractivity contribution >= 4 is 29.2 Å². The first-order valence-electron chi connectivity index (χ1n) is 5.85. The third kappa shape index (κ3) is 3.90. The van der Waals surface area contributed by atoms with Crippen LogP contribution in [0, 0.1) is 5.92 Å². The van der Waals surface area contributed by atoms with Gasteiger partial charge in [-0.25, -0.2) is 4.79 Å². The van der Waals surface area contributed by atoms with E-state index in [1.165, 1.54) is 0 Å². The summed E-state index contributed by atoms with van der Waals surface area (Å²) < 4.78 is 5.32. The average molecular weight is 294 g/mol. The monoisotopic (exact) mass is 293 g/mol. The van der Waals surface area contributed by atoms with Crippen LogP contribution >= 0.6 is 23.2 Å². The summed E-state index contributed by atoms with van der Waals surface area (Å²) in [4.78, 5) is 11.5. The fraction of sp³-hybridized carbons (Fsp3) is 0.583. The van der Waals surface area contributed by atoms with Crippen LogP contribution in [0.1, 0.15) is 20.8 Å². The maximum atomic E-state index is 11.5. The Labute approximate surface area is 117 Å². The number of carbonyl (C=O) groups is 1. The minimum Gasteiger partial charge on any atom is -0.458 e. The number of hydrogen-bond acceptors (Lipinski definition) is 3. The van der Waals surface area contributed by atoms with Crippen molar-refractivity contribution in [3.8, 4) is 0 Å². The van der Waals surface area contributed by atoms with E-state index >= 15 is 0 Å². The standard InChI is InChI=1S/C12H18Cl2N2O2/c1-6(8(3)18-12(17)7(2)15)11-10(14)4-9(13)5-16-11/h4-8,11,16H,15H2,1-3H3/p+1/t6?,7-,8?,11?/m0/s1. The first-order chi connectivity index (χ1) is 8.32. The molecule has 102 valence electrons. The highest BCUT2D eigenvalue weighted by Crippen LogP contribution is 2.26. The molecular weight excluding hydrogens is 275 g/mol. The van der Waals surface area contributed by atoms with Crippen molar-refractivity contribution in [2.45, 2.75) is 39.0 Å². The summed E-state index contributed by atoms with van der Waals surface area (Å²) in [7, 11) is 0. The maximum absolute atomic E-state index is 11.5. The van der Waals surface area contributed by atoms with Gasteiger partial charge in [0, 0.05) is 17.2 Å². The zero-order valence-electron chi connectivity index (χ0n) is 10.7. The molecule has 0 aliphatic carbocycles. The summed E-state index contributed by atoms with van der Waals surface area (Å²) in [5, 5.41) is 4.27. The van der Waals surface area contributed by atoms with Crippen LogP contribution in [-0.4, -0.2) is 24.2 Å². The van der Waals surface area contributed by atoms with Crippen LogP contribution in [-0.2, 0) is 9.53 Å². The summed E-state index contributed by atoms with van der Waals surface area (Å²) in [5.74, 6) is -0.281. The molecule has 18 heavy (non-hydrogen) atoms. The van der Waals surface area contributed by atoms with E-state index in [2.05, 4.69) is 11.1 Å². The van der Waals surface area contributed by atoms with Crippen molar-refractivity contribution in [1.82, 2.24) is 5.32 Å². The molecule has 0 amide bonds. The number of allylic oxidation sites excluding steroid dienone is 2. The number of quaternary nitrogens is 1. The number of ether oxygens (including phenoxy) is 1. The van der Waals surface area contributed by atoms with Crippen molar-refractivity contribution in [2.75, 3.05) is 0 Å². The molecule has 1 aliphatic heterocycles. The molecule has 1 rings (SSSR count). The lowest BCUT2D eigenvalue weighted by atomic mass is 9.95. The van der Waals surface area contributed by atoms with Crippen molar-refractivity contribution in [3.63, 3.8) is 0 Å². The van der Waals surface area contributed by atoms with Crippen molar-refractivity contribution in [2.24, 2.45) is 5.92 Å². The van der Waals surface area contributed by atoms with Crippen LogP contribution in [0.15, 0.2) is 22.3 Å². The van der Waals surface area contributed by atoms with E-state index < -0.39 is 0 Å². The minimum atomic E-state index is -0.376. The van der Waals surface area contributed by atoms with Crippen LogP contribution in [0.3, 0.4) is 0 Å². The Morgan fingerprint density at radius 3 is 2.56 bits per heavy atom. The van der Waals surface area contributed by atoms with Gasteiger partial charge in [-0.1, -0.05) is 30.1 Å². The molecule has 0 spiro atoms. The molecule has 0 radical (unpaired) electrons. The number of rotatable bonds is 4. The second-order valence-electron chi connectivity index (χ2n) is 4.60. The van der Waals surface area contributed by atoms with E-state index in [1.807, 2.05) is 13.8 Å². The molecule has 1 aliphatic rings. The van der Waals surface area contributed by atoms with Crippen LogP contribution in [0.25, 0.3) is 0 Å². The van der Waals surface area contributed by atoms with E-state index in [9.17, 15) is 4.79 Å². The molecule has 4 N–H and O–H groups in total. The Morgan fingerprint density at radius 1 is 1.44 bits per heavy atom. The largest absolute Gasteiger partial charge is 0.458 e. The summed E-state index contributed by atoms with van der Waals surface area (Å²) in [5.41, 5.74) is 3.63. The van der Waals surface area contributed by atoms with Gasteiger partial charge < -0.3 is 15.8 Å². The topological polar surface area (TPSA) is 66.0 Å². The first-order valence-corrected chi connectivity index (χ1v) is 6.61. The third-order valence-corrected chi connectivity index (χ3v) is 3.51. The summed E-state index contributed by atoms with van der Waals surface area (Å²) in [6.07, 6.45) is 3.12. The Kier molecular flexibility index (Phi) is 5.50. The molecule has 4 nitrogen and oxygen atoms in total. The van der Waals surface area contributed by atoms with Gasteiger partial charge in [0.25, 0.3) is 0 Å². The predicted octanol–water partition coefficient (Wildman–Crippen LogP) is 1.36. The number of halogens is 2. The van der Waals surface area contributed by atoms with Crippen molar-refractivity contribution < 1.29 is 15.3 Å². The normalized spacial score (nSPS) is 24.2. The molecule has 1 heterocycles. The number of hydrogen-bond donors (Lipinski definition) is 2. The Balaban J connectivity index is 2.62. The highest BCUT2D eigenvalue weighted by molar-refractivity contribution is 6.35. The molecule has 0 aromatic rings. The molecule has 0 fully saturated rings. The SMILES string of the molecule is CC(OC(=O)[C@H](C)[NH3+])C(C)C1NC=C(Cl)C=C1Cl. The molecule has 0 aromatic heterocycles. The van der Waals surface area contributed by atoms with E-state index in [0.29, 0.717) is 10.1 Å². The van der Waals surface area contributed by atoms with Gasteiger partial charge in [0.15, 0.2) is 6.04 Å². The number of carbonyl (C=O) groups excluding carboxylic acids is 1. The summed E-state index contributed by atoms with van der Waals surface area (Å²) in [6, 6.07) is -0.476. The smallest absolute Gasteiger partial charge is 0.364 e. The zero-order chi connectivity index (χ0) is 13.9. The van der Waals surface area contributed by atoms with Crippen molar-refractivity contribution in [1.29, 1.82) is 0 Å². The van der Waals surface area contributed by atoms with Gasteiger partial charge >= 0.3 is 5.97 Å². The molecule has 3 unspecified atom stereocenters. The summed E-state index contributed by atoms with van der Waals surface area (Å²) >= 11 is 12.0. The van der Waals surface area contributed by atoms with Gasteiger partial charge in [0.2, 0.25) is 0 Å². The van der Waals surface area contributed by atoms with Crippen LogP contribution in [0.2, 0.25) is 0 Å². The maximum Gasteiger partial charge on any atom is 0.364 e. The molecule has 6 heteroatoms. The lowest BCUT2D eigenvalue weighted by molar-refractivity contribution is -0.403. The number of esters is 1. The Hall–Kier alpha value is -0.710. The molecule has 0 saturated heterocycles. The quantitative estimate of drug-likeness (QED) is 0.769. The predicted molar refractivity (Wildman–Crippen MR) is 71.9 cm³/mol. The fourth-order valence-electron chi connectivity index (χ4n) is 1.59. The molecule has 4 atom stereocenters. The van der Waals surface area contributed by atoms with Crippen LogP contribution in [0.5, 0.6) is 0 Å². The van der Waals surface area contributed by atoms with E-state index in [4.69, 9.17) is 27.9 Å². The Bertz CT molecular complexity index is 380. The first kappa shape index (κ1) is 15.3. The van der Waals surface area contributed by atoms with E-state index in [1.54, 1.807) is 19.2 Å². The van der Waals surface area contributed by atoms with Crippen molar-refractivity contribution in [3.05, 3.63) is 22.3 Å². The number of nitrogens with one attached hydrogen (secondary N) is 1. The van der Waals surface area contributed by atoms with Gasteiger partial charge in [-0.05, 0) is 19.9 Å². The highest BCUT2D eigenvalue weighted by atomic mass is 35.5. The van der Waals surface area contributed by atoms with Gasteiger partial charge in [0.05, 0.1) is 11.1 Å². The molecular formula is C12H19Cl2N2O2+. The minimum absolute atomic E-state index is 0.0254. The second-order valence-corrected chi connectivity index (χ2v) is 5.48. The Morgan fingerprint density at radius 2 is 2.06 bits per heavy atom. The lowest BCUT2D eigenvalue weighted by Crippen LogP contribution is -2.64. The second kappa shape index (κ2) is 6.45. The molecule has 0 aromatic carbocycles. The summed E-state index contributed by atoms with van der Waals surface area (Å²) in [6.45, 7) is 5.51. The zero-order valence-corrected chi connectivity index (χ0v) is 12.3. The van der Waals surface area contributed by atoms with Crippen LogP contribution in [0.4, 0.5) is 0 Å². The van der Waals surface area contributed by atoms with Gasteiger partial charge in [-0.15, -0.1) is 0 Å². The van der Waals surface area contributed by atoms with E-state index in [-0.39, 0.29) is 30.1 Å². The lowest BCUT2D eigenvalue weighted by Gasteiger charge is -2.30. The van der Waals surface area contributed by atoms with Gasteiger partial charge in [-0.2, -0.15) is 0 Å². The fourth-order valence-corrected chi connectivity index (χ4v) is 2.21. The number of dihydropyridines is 1. The van der Waals surface area contributed by atoms with Crippen LogP contribution < -0.4 is 11.1 Å². The van der Waals surface area contributed by atoms with Gasteiger partial charge in [-0.3, -0.25) is 0 Å². The van der Waals surface area contributed by atoms with Gasteiger partial charge in [0.1, 0.15) is 6.10 Å². The highest BCUT2D eigenvalue weighted by Gasteiger charge is 2.29. The average Bonchev–Trinajstić information content (AvgIpc) is 2.27. The third-order valence-electron chi connectivity index (χ3n) is 2.94. The van der Waals surface area contributed by atoms with E-state index in [0.717, 1.165) is 0 Å². The molecule has 0 bridgehead atoms. The molecule has 0 saturated carbocycles.